The maximum Gasteiger partial charge on any atom is 0.267 e. The molecule has 1 saturated heterocycles. The molecule has 31 heavy (non-hydrogen) atoms. The fraction of sp³-hybridized carbons (Fsp3) is 0.333. The second-order valence-electron chi connectivity index (χ2n) is 7.19. The summed E-state index contributed by atoms with van der Waals surface area (Å²) < 4.78 is 0. The molecule has 0 unspecified atom stereocenters. The second kappa shape index (κ2) is 9.82. The molecule has 0 aliphatic carbocycles. The van der Waals surface area contributed by atoms with E-state index in [1.807, 2.05) is 43.3 Å². The van der Waals surface area contributed by atoms with Gasteiger partial charge in [0.25, 0.3) is 5.91 Å². The minimum Gasteiger partial charge on any atom is -0.395 e. The standard InChI is InChI=1S/C21H25N7O2S/c1-15-23-18(13-19(24-15)28-9-7-27(8-10-28)11-12-29)26-21-22-14-17(31-21)20(30)25-16-5-3-2-4-6-16/h2-6,13-14,29H,7-12H2,1H3,(H,25,30)(H,22,23,24,26). The summed E-state index contributed by atoms with van der Waals surface area (Å²) in [4.78, 5) is 30.8. The zero-order chi connectivity index (χ0) is 21.6. The van der Waals surface area contributed by atoms with Gasteiger partial charge in [0.1, 0.15) is 22.3 Å². The van der Waals surface area contributed by atoms with Crippen LogP contribution in [0.5, 0.6) is 0 Å². The quantitative estimate of drug-likeness (QED) is 0.515. The van der Waals surface area contributed by atoms with Gasteiger partial charge in [0, 0.05) is 44.5 Å². The van der Waals surface area contributed by atoms with Crippen LogP contribution in [0.25, 0.3) is 0 Å². The van der Waals surface area contributed by atoms with Gasteiger partial charge in [-0.25, -0.2) is 15.0 Å². The Hall–Kier alpha value is -3.08. The molecule has 3 heterocycles. The molecule has 4 rings (SSSR count). The van der Waals surface area contributed by atoms with Gasteiger partial charge in [0.2, 0.25) is 0 Å². The largest absolute Gasteiger partial charge is 0.395 e. The lowest BCUT2D eigenvalue weighted by Crippen LogP contribution is -2.47. The van der Waals surface area contributed by atoms with E-state index in [1.165, 1.54) is 11.3 Å². The summed E-state index contributed by atoms with van der Waals surface area (Å²) in [5, 5.41) is 15.8. The van der Waals surface area contributed by atoms with E-state index in [0.29, 0.717) is 28.2 Å². The average Bonchev–Trinajstić information content (AvgIpc) is 3.23. The van der Waals surface area contributed by atoms with Gasteiger partial charge in [0.05, 0.1) is 12.8 Å². The van der Waals surface area contributed by atoms with Gasteiger partial charge in [-0.05, 0) is 19.1 Å². The van der Waals surface area contributed by atoms with Gasteiger partial charge in [0.15, 0.2) is 5.13 Å². The van der Waals surface area contributed by atoms with Crippen molar-refractivity contribution in [2.24, 2.45) is 0 Å². The zero-order valence-corrected chi connectivity index (χ0v) is 18.1. The number of para-hydroxylation sites is 1. The van der Waals surface area contributed by atoms with Crippen molar-refractivity contribution in [2.45, 2.75) is 6.92 Å². The number of rotatable bonds is 7. The summed E-state index contributed by atoms with van der Waals surface area (Å²) in [7, 11) is 0. The number of β-amino-alcohol motifs (C(OH)–C–C–N with tert-alkyl or cyclic N) is 1. The summed E-state index contributed by atoms with van der Waals surface area (Å²) >= 11 is 1.27. The highest BCUT2D eigenvalue weighted by molar-refractivity contribution is 7.17. The maximum atomic E-state index is 12.4. The van der Waals surface area contributed by atoms with E-state index in [4.69, 9.17) is 5.11 Å². The normalized spacial score (nSPS) is 14.5. The Morgan fingerprint density at radius 3 is 2.68 bits per heavy atom. The molecule has 0 bridgehead atoms. The van der Waals surface area contributed by atoms with Crippen LogP contribution in [-0.2, 0) is 0 Å². The molecule has 1 fully saturated rings. The lowest BCUT2D eigenvalue weighted by Gasteiger charge is -2.35. The summed E-state index contributed by atoms with van der Waals surface area (Å²) in [5.74, 6) is 1.97. The molecule has 1 aliphatic rings. The number of benzene rings is 1. The van der Waals surface area contributed by atoms with Crippen molar-refractivity contribution in [1.29, 1.82) is 0 Å². The van der Waals surface area contributed by atoms with Crippen LogP contribution < -0.4 is 15.5 Å². The van der Waals surface area contributed by atoms with E-state index in [2.05, 4.69) is 35.4 Å². The predicted octanol–water partition coefficient (Wildman–Crippen LogP) is 2.35. The number of aryl methyl sites for hydroxylation is 1. The van der Waals surface area contributed by atoms with Gasteiger partial charge in [-0.15, -0.1) is 0 Å². The fourth-order valence-electron chi connectivity index (χ4n) is 3.38. The molecule has 0 atom stereocenters. The Morgan fingerprint density at radius 2 is 1.94 bits per heavy atom. The van der Waals surface area contributed by atoms with Gasteiger partial charge >= 0.3 is 0 Å². The highest BCUT2D eigenvalue weighted by Gasteiger charge is 2.19. The highest BCUT2D eigenvalue weighted by Crippen LogP contribution is 2.25. The smallest absolute Gasteiger partial charge is 0.267 e. The van der Waals surface area contributed by atoms with E-state index in [9.17, 15) is 4.79 Å². The van der Waals surface area contributed by atoms with Crippen LogP contribution in [0, 0.1) is 6.92 Å². The fourth-order valence-corrected chi connectivity index (χ4v) is 4.10. The molecule has 1 aliphatic heterocycles. The Morgan fingerprint density at radius 1 is 1.16 bits per heavy atom. The highest BCUT2D eigenvalue weighted by atomic mass is 32.1. The molecule has 2 aromatic heterocycles. The number of piperazine rings is 1. The number of hydrogen-bond donors (Lipinski definition) is 3. The lowest BCUT2D eigenvalue weighted by molar-refractivity contribution is 0.103. The molecular weight excluding hydrogens is 414 g/mol. The third kappa shape index (κ3) is 5.54. The number of carbonyl (C=O) groups is 1. The Labute approximate surface area is 184 Å². The molecule has 162 valence electrons. The van der Waals surface area contributed by atoms with Crippen LogP contribution in [0.15, 0.2) is 42.6 Å². The van der Waals surface area contributed by atoms with Crippen molar-refractivity contribution in [2.75, 3.05) is 54.9 Å². The van der Waals surface area contributed by atoms with Gasteiger partial charge in [-0.3, -0.25) is 9.69 Å². The summed E-state index contributed by atoms with van der Waals surface area (Å²) in [6.07, 6.45) is 1.56. The molecule has 1 aromatic carbocycles. The number of aliphatic hydroxyl groups is 1. The van der Waals surface area contributed by atoms with Crippen LogP contribution in [0.2, 0.25) is 0 Å². The molecule has 3 aromatic rings. The summed E-state index contributed by atoms with van der Waals surface area (Å²) in [6, 6.07) is 11.2. The second-order valence-corrected chi connectivity index (χ2v) is 8.22. The van der Waals surface area contributed by atoms with E-state index >= 15 is 0 Å². The van der Waals surface area contributed by atoms with E-state index in [0.717, 1.165) is 37.7 Å². The molecule has 0 saturated carbocycles. The zero-order valence-electron chi connectivity index (χ0n) is 17.3. The van der Waals surface area contributed by atoms with Crippen molar-refractivity contribution in [3.8, 4) is 0 Å². The van der Waals surface area contributed by atoms with Crippen molar-refractivity contribution in [3.05, 3.63) is 53.3 Å². The Bertz CT molecular complexity index is 1020. The molecule has 0 spiro atoms. The Kier molecular flexibility index (Phi) is 6.70. The first-order chi connectivity index (χ1) is 15.1. The number of anilines is 4. The third-order valence-corrected chi connectivity index (χ3v) is 5.84. The van der Waals surface area contributed by atoms with E-state index in [-0.39, 0.29) is 12.5 Å². The van der Waals surface area contributed by atoms with Gasteiger partial charge in [-0.2, -0.15) is 0 Å². The SMILES string of the molecule is Cc1nc(Nc2ncc(C(=O)Nc3ccccc3)s2)cc(N2CCN(CCO)CC2)n1. The van der Waals surface area contributed by atoms with Crippen LogP contribution in [-0.4, -0.2) is 70.2 Å². The minimum atomic E-state index is -0.197. The number of amides is 1. The van der Waals surface area contributed by atoms with Gasteiger partial charge < -0.3 is 20.6 Å². The first-order valence-electron chi connectivity index (χ1n) is 10.1. The van der Waals surface area contributed by atoms with Gasteiger partial charge in [-0.1, -0.05) is 29.5 Å². The van der Waals surface area contributed by atoms with Crippen molar-refractivity contribution >= 4 is 39.7 Å². The first kappa shape index (κ1) is 21.2. The summed E-state index contributed by atoms with van der Waals surface area (Å²) in [6.45, 7) is 6.20. The number of carbonyl (C=O) groups excluding carboxylic acids is 1. The average molecular weight is 440 g/mol. The number of aliphatic hydroxyl groups excluding tert-OH is 1. The van der Waals surface area contributed by atoms with Crippen LogP contribution in [0.3, 0.4) is 0 Å². The maximum absolute atomic E-state index is 12.4. The van der Waals surface area contributed by atoms with Crippen LogP contribution in [0.1, 0.15) is 15.5 Å². The minimum absolute atomic E-state index is 0.180. The van der Waals surface area contributed by atoms with Crippen molar-refractivity contribution in [3.63, 3.8) is 0 Å². The number of thiazole rings is 1. The number of aromatic nitrogens is 3. The lowest BCUT2D eigenvalue weighted by atomic mass is 10.3. The molecule has 0 radical (unpaired) electrons. The molecular formula is C21H25N7O2S. The van der Waals surface area contributed by atoms with Crippen LogP contribution in [0.4, 0.5) is 22.5 Å². The molecule has 1 amide bonds. The number of nitrogens with one attached hydrogen (secondary N) is 2. The first-order valence-corrected chi connectivity index (χ1v) is 11.0. The number of nitrogens with zero attached hydrogens (tertiary/aromatic N) is 5. The molecule has 3 N–H and O–H groups in total. The third-order valence-electron chi connectivity index (χ3n) is 4.93. The predicted molar refractivity (Wildman–Crippen MR) is 122 cm³/mol. The number of hydrogen-bond acceptors (Lipinski definition) is 9. The van der Waals surface area contributed by atoms with Crippen molar-refractivity contribution in [1.82, 2.24) is 19.9 Å². The molecule has 9 nitrogen and oxygen atoms in total. The summed E-state index contributed by atoms with van der Waals surface area (Å²) in [5.41, 5.74) is 0.741. The Balaban J connectivity index is 1.41. The van der Waals surface area contributed by atoms with E-state index < -0.39 is 0 Å². The van der Waals surface area contributed by atoms with E-state index in [1.54, 1.807) is 6.20 Å². The molecule has 10 heteroatoms. The van der Waals surface area contributed by atoms with Crippen molar-refractivity contribution < 1.29 is 9.90 Å². The topological polar surface area (TPSA) is 107 Å². The monoisotopic (exact) mass is 439 g/mol. The van der Waals surface area contributed by atoms with Crippen LogP contribution >= 0.6 is 11.3 Å².